The second kappa shape index (κ2) is 12.0. The number of halogens is 1. The van der Waals surface area contributed by atoms with Gasteiger partial charge in [-0.15, -0.1) is 0 Å². The van der Waals surface area contributed by atoms with E-state index in [-0.39, 0.29) is 24.1 Å². The summed E-state index contributed by atoms with van der Waals surface area (Å²) in [6.07, 6.45) is 6.32. The lowest BCUT2D eigenvalue weighted by Crippen LogP contribution is -2.47. The monoisotopic (exact) mass is 476 g/mol. The highest BCUT2D eigenvalue weighted by atomic mass is 19.1. The van der Waals surface area contributed by atoms with E-state index < -0.39 is 0 Å². The molecule has 1 saturated heterocycles. The first-order chi connectivity index (χ1) is 16.6. The van der Waals surface area contributed by atoms with Gasteiger partial charge in [-0.05, 0) is 62.8 Å². The second-order valence-electron chi connectivity index (χ2n) is 9.49. The summed E-state index contributed by atoms with van der Waals surface area (Å²) in [4.78, 5) is 16.9. The number of piperazine rings is 1. The maximum atomic E-state index is 13.7. The van der Waals surface area contributed by atoms with Crippen LogP contribution in [-0.4, -0.2) is 75.2 Å². The number of aromatic nitrogens is 1. The van der Waals surface area contributed by atoms with Crippen molar-refractivity contribution in [3.63, 3.8) is 0 Å². The Kier molecular flexibility index (Phi) is 8.74. The third kappa shape index (κ3) is 6.46. The highest BCUT2D eigenvalue weighted by Gasteiger charge is 2.25. The Balaban J connectivity index is 1.13. The maximum absolute atomic E-state index is 13.7. The van der Waals surface area contributed by atoms with E-state index in [1.165, 1.54) is 31.4 Å². The molecule has 1 aliphatic carbocycles. The summed E-state index contributed by atoms with van der Waals surface area (Å²) >= 11 is 0. The molecular weight excluding hydrogens is 439 g/mol. The van der Waals surface area contributed by atoms with Crippen molar-refractivity contribution in [2.75, 3.05) is 51.8 Å². The van der Waals surface area contributed by atoms with E-state index in [1.807, 2.05) is 0 Å². The molecule has 0 radical (unpaired) electrons. The maximum Gasteiger partial charge on any atom is 0.220 e. The summed E-state index contributed by atoms with van der Waals surface area (Å²) in [7, 11) is 3.18. The number of carbonyl (C=O) groups is 1. The number of rotatable bonds is 10. The van der Waals surface area contributed by atoms with E-state index in [4.69, 9.17) is 14.0 Å². The molecule has 1 N–H and O–H groups in total. The van der Waals surface area contributed by atoms with Crippen molar-refractivity contribution in [1.82, 2.24) is 15.4 Å². The topological polar surface area (TPSA) is 80.1 Å². The van der Waals surface area contributed by atoms with E-state index in [9.17, 15) is 9.18 Å². The van der Waals surface area contributed by atoms with Crippen molar-refractivity contribution in [1.29, 1.82) is 0 Å². The summed E-state index contributed by atoms with van der Waals surface area (Å²) in [6, 6.07) is 4.83. The van der Waals surface area contributed by atoms with Crippen LogP contribution in [0.4, 0.5) is 10.2 Å². The van der Waals surface area contributed by atoms with Gasteiger partial charge in [0.15, 0.2) is 17.7 Å². The number of nitrogens with zero attached hydrogens (tertiary/aromatic N) is 3. The molecule has 0 atom stereocenters. The lowest BCUT2D eigenvalue weighted by Gasteiger charge is -2.36. The van der Waals surface area contributed by atoms with Gasteiger partial charge in [-0.2, -0.15) is 0 Å². The van der Waals surface area contributed by atoms with Gasteiger partial charge in [0.2, 0.25) is 5.91 Å². The van der Waals surface area contributed by atoms with E-state index in [0.717, 1.165) is 62.7 Å². The summed E-state index contributed by atoms with van der Waals surface area (Å²) in [5.41, 5.74) is 0.625. The van der Waals surface area contributed by atoms with Gasteiger partial charge in [0.05, 0.1) is 5.39 Å². The van der Waals surface area contributed by atoms with E-state index in [1.54, 1.807) is 20.3 Å². The molecule has 2 heterocycles. The van der Waals surface area contributed by atoms with Gasteiger partial charge < -0.3 is 24.2 Å². The van der Waals surface area contributed by atoms with Crippen LogP contribution in [0.1, 0.15) is 44.9 Å². The van der Waals surface area contributed by atoms with Crippen molar-refractivity contribution in [3.05, 3.63) is 24.0 Å². The van der Waals surface area contributed by atoms with Gasteiger partial charge >= 0.3 is 0 Å². The zero-order valence-electron chi connectivity index (χ0n) is 20.3. The molecule has 4 rings (SSSR count). The molecule has 188 valence electrons. The fourth-order valence-corrected chi connectivity index (χ4v) is 5.15. The minimum absolute atomic E-state index is 0.0862. The molecule has 9 heteroatoms. The molecule has 0 spiro atoms. The van der Waals surface area contributed by atoms with Crippen LogP contribution in [0, 0.1) is 11.7 Å². The van der Waals surface area contributed by atoms with Crippen LogP contribution < -0.4 is 10.2 Å². The Morgan fingerprint density at radius 2 is 1.91 bits per heavy atom. The van der Waals surface area contributed by atoms with Crippen LogP contribution in [0.5, 0.6) is 0 Å². The second-order valence-corrected chi connectivity index (χ2v) is 9.49. The van der Waals surface area contributed by atoms with Gasteiger partial charge in [0.1, 0.15) is 5.82 Å². The average Bonchev–Trinajstić information content (AvgIpc) is 3.27. The minimum atomic E-state index is -0.318. The van der Waals surface area contributed by atoms with Gasteiger partial charge in [0.25, 0.3) is 0 Å². The van der Waals surface area contributed by atoms with E-state index >= 15 is 0 Å². The van der Waals surface area contributed by atoms with Crippen LogP contribution in [0.3, 0.4) is 0 Å². The number of amides is 1. The van der Waals surface area contributed by atoms with Gasteiger partial charge in [-0.3, -0.25) is 9.69 Å². The number of ether oxygens (including phenoxy) is 2. The smallest absolute Gasteiger partial charge is 0.220 e. The molecular formula is C25H37FN4O4. The molecule has 34 heavy (non-hydrogen) atoms. The zero-order valence-corrected chi connectivity index (χ0v) is 20.3. The van der Waals surface area contributed by atoms with Crippen LogP contribution in [-0.2, 0) is 14.3 Å². The zero-order chi connectivity index (χ0) is 23.9. The summed E-state index contributed by atoms with van der Waals surface area (Å²) in [5, 5.41) is 8.11. The highest BCUT2D eigenvalue weighted by molar-refractivity contribution is 5.88. The molecule has 2 aromatic rings. The van der Waals surface area contributed by atoms with Gasteiger partial charge in [0, 0.05) is 59.3 Å². The number of methoxy groups -OCH3 is 2. The number of hydrogen-bond acceptors (Lipinski definition) is 7. The number of carbonyl (C=O) groups excluding carboxylic acids is 1. The number of fused-ring (bicyclic) bond motifs is 1. The Hall–Kier alpha value is -2.23. The molecule has 0 unspecified atom stereocenters. The fourth-order valence-electron chi connectivity index (χ4n) is 5.15. The summed E-state index contributed by atoms with van der Waals surface area (Å²) in [5.74, 6) is 1.29. The molecule has 0 bridgehead atoms. The quantitative estimate of drug-likeness (QED) is 0.525. The molecule has 8 nitrogen and oxygen atoms in total. The van der Waals surface area contributed by atoms with Crippen LogP contribution in [0.2, 0.25) is 0 Å². The number of hydrogen-bond donors (Lipinski definition) is 1. The van der Waals surface area contributed by atoms with Crippen molar-refractivity contribution >= 4 is 22.7 Å². The predicted molar refractivity (Wildman–Crippen MR) is 128 cm³/mol. The van der Waals surface area contributed by atoms with Crippen molar-refractivity contribution in [2.45, 2.75) is 57.3 Å². The number of benzene rings is 1. The lowest BCUT2D eigenvalue weighted by atomic mass is 9.84. The summed E-state index contributed by atoms with van der Waals surface area (Å²) in [6.45, 7) is 4.77. The Labute approximate surface area is 200 Å². The molecule has 1 aromatic carbocycles. The van der Waals surface area contributed by atoms with E-state index in [0.29, 0.717) is 18.4 Å². The van der Waals surface area contributed by atoms with Crippen molar-refractivity contribution < 1.29 is 23.2 Å². The molecule has 1 aliphatic heterocycles. The van der Waals surface area contributed by atoms with Gasteiger partial charge in [-0.25, -0.2) is 4.39 Å². The Morgan fingerprint density at radius 1 is 1.18 bits per heavy atom. The Bertz CT molecular complexity index is 919. The fraction of sp³-hybridized carbons (Fsp3) is 0.680. The first-order valence-electron chi connectivity index (χ1n) is 12.4. The first kappa shape index (κ1) is 24.9. The first-order valence-corrected chi connectivity index (χ1v) is 12.4. The minimum Gasteiger partial charge on any atom is -0.356 e. The largest absolute Gasteiger partial charge is 0.356 e. The third-order valence-electron chi connectivity index (χ3n) is 7.28. The standard InChI is InChI=1S/C25H37FN4O4/c1-32-24(33-2)10-9-23(31)27-20-6-3-18(4-7-20)11-12-29-13-15-30(16-14-29)25-21-17-19(26)5-8-22(21)34-28-25/h5,8,17-18,20,24H,3-4,6-7,9-16H2,1-2H3,(H,27,31). The normalized spacial score (nSPS) is 21.9. The predicted octanol–water partition coefficient (Wildman–Crippen LogP) is 3.55. The molecule has 2 fully saturated rings. The SMILES string of the molecule is COC(CCC(=O)NC1CCC(CCN2CCN(c3noc4ccc(F)cc34)CC2)CC1)OC. The van der Waals surface area contributed by atoms with Crippen molar-refractivity contribution in [2.24, 2.45) is 5.92 Å². The summed E-state index contributed by atoms with van der Waals surface area (Å²) < 4.78 is 29.3. The van der Waals surface area contributed by atoms with Crippen LogP contribution >= 0.6 is 0 Å². The molecule has 2 aliphatic rings. The van der Waals surface area contributed by atoms with Crippen molar-refractivity contribution in [3.8, 4) is 0 Å². The lowest BCUT2D eigenvalue weighted by molar-refractivity contribution is -0.129. The van der Waals surface area contributed by atoms with E-state index in [2.05, 4.69) is 20.3 Å². The van der Waals surface area contributed by atoms with Crippen LogP contribution in [0.25, 0.3) is 11.0 Å². The Morgan fingerprint density at radius 3 is 2.62 bits per heavy atom. The third-order valence-corrected chi connectivity index (χ3v) is 7.28. The number of nitrogens with one attached hydrogen (secondary N) is 1. The van der Waals surface area contributed by atoms with Crippen LogP contribution in [0.15, 0.2) is 22.7 Å². The molecule has 1 saturated carbocycles. The van der Waals surface area contributed by atoms with Gasteiger partial charge in [-0.1, -0.05) is 5.16 Å². The molecule has 1 aromatic heterocycles. The average molecular weight is 477 g/mol. The molecule has 1 amide bonds. The highest BCUT2D eigenvalue weighted by Crippen LogP contribution is 2.29. The number of anilines is 1.